The maximum absolute atomic E-state index is 13.2. The van der Waals surface area contributed by atoms with E-state index in [1.165, 1.54) is 12.7 Å². The van der Waals surface area contributed by atoms with Crippen LogP contribution < -0.4 is 5.32 Å². The maximum atomic E-state index is 13.2. The number of carbonyl (C=O) groups excluding carboxylic acids is 2. The van der Waals surface area contributed by atoms with E-state index in [0.29, 0.717) is 16.7 Å². The molecule has 2 aromatic rings. The third-order valence-electron chi connectivity index (χ3n) is 5.38. The molecule has 27 heavy (non-hydrogen) atoms. The fraction of sp³-hybridized carbons (Fsp3) is 0.217. The van der Waals surface area contributed by atoms with Crippen LogP contribution in [-0.2, 0) is 16.0 Å². The van der Waals surface area contributed by atoms with E-state index in [9.17, 15) is 9.59 Å². The van der Waals surface area contributed by atoms with E-state index in [0.717, 1.165) is 28.9 Å². The van der Waals surface area contributed by atoms with Crippen molar-refractivity contribution in [2.45, 2.75) is 26.2 Å². The summed E-state index contributed by atoms with van der Waals surface area (Å²) < 4.78 is 5.05. The van der Waals surface area contributed by atoms with Gasteiger partial charge in [0, 0.05) is 28.3 Å². The van der Waals surface area contributed by atoms with E-state index >= 15 is 0 Å². The number of Topliss-reactive ketones (excluding diaryl/α,β-unsaturated/α-hetero) is 1. The van der Waals surface area contributed by atoms with Gasteiger partial charge >= 0.3 is 5.97 Å². The lowest BCUT2D eigenvalue weighted by Gasteiger charge is -2.29. The number of fused-ring (bicyclic) bond motifs is 2. The Morgan fingerprint density at radius 2 is 1.74 bits per heavy atom. The number of ether oxygens (including phenoxy) is 1. The summed E-state index contributed by atoms with van der Waals surface area (Å²) in [6.45, 7) is 3.95. The monoisotopic (exact) mass is 359 g/mol. The first kappa shape index (κ1) is 17.3. The SMILES string of the molecule is CCc1ccc(C2C(C(=O)OC)=C(C)NC3=C2C(=O)c2ccccc23)cc1. The van der Waals surface area contributed by atoms with Crippen LogP contribution in [0.3, 0.4) is 0 Å². The van der Waals surface area contributed by atoms with Crippen LogP contribution in [0.5, 0.6) is 0 Å². The van der Waals surface area contributed by atoms with Gasteiger partial charge in [-0.1, -0.05) is 55.5 Å². The Labute approximate surface area is 158 Å². The van der Waals surface area contributed by atoms with Crippen molar-refractivity contribution in [1.29, 1.82) is 0 Å². The summed E-state index contributed by atoms with van der Waals surface area (Å²) in [6.07, 6.45) is 0.934. The molecule has 0 fully saturated rings. The molecule has 0 saturated carbocycles. The molecule has 136 valence electrons. The number of esters is 1. The van der Waals surface area contributed by atoms with E-state index in [2.05, 4.69) is 24.4 Å². The van der Waals surface area contributed by atoms with Crippen LogP contribution in [0, 0.1) is 0 Å². The van der Waals surface area contributed by atoms with Gasteiger partial charge in [-0.15, -0.1) is 0 Å². The first-order valence-electron chi connectivity index (χ1n) is 9.10. The summed E-state index contributed by atoms with van der Waals surface area (Å²) in [5.41, 5.74) is 6.30. The minimum absolute atomic E-state index is 0.0356. The van der Waals surface area contributed by atoms with Gasteiger partial charge in [-0.25, -0.2) is 4.79 Å². The predicted molar refractivity (Wildman–Crippen MR) is 104 cm³/mol. The molecule has 1 heterocycles. The van der Waals surface area contributed by atoms with Gasteiger partial charge in [0.2, 0.25) is 0 Å². The third-order valence-corrected chi connectivity index (χ3v) is 5.38. The molecular weight excluding hydrogens is 338 g/mol. The van der Waals surface area contributed by atoms with Gasteiger partial charge in [0.15, 0.2) is 5.78 Å². The summed E-state index contributed by atoms with van der Waals surface area (Å²) in [5, 5.41) is 3.29. The zero-order valence-electron chi connectivity index (χ0n) is 15.6. The van der Waals surface area contributed by atoms with E-state index in [1.54, 1.807) is 0 Å². The van der Waals surface area contributed by atoms with Crippen molar-refractivity contribution in [3.05, 3.63) is 87.6 Å². The summed E-state index contributed by atoms with van der Waals surface area (Å²) in [5.74, 6) is -0.897. The second kappa shape index (κ2) is 6.54. The fourth-order valence-corrected chi connectivity index (χ4v) is 3.99. The number of dihydropyridines is 1. The lowest BCUT2D eigenvalue weighted by molar-refractivity contribution is -0.136. The molecule has 0 saturated heterocycles. The van der Waals surface area contributed by atoms with Gasteiger partial charge in [0.1, 0.15) is 0 Å². The molecule has 0 radical (unpaired) electrons. The van der Waals surface area contributed by atoms with E-state index in [1.807, 2.05) is 43.3 Å². The largest absolute Gasteiger partial charge is 0.466 e. The van der Waals surface area contributed by atoms with Crippen molar-refractivity contribution in [3.8, 4) is 0 Å². The quantitative estimate of drug-likeness (QED) is 0.842. The molecule has 4 nitrogen and oxygen atoms in total. The number of hydrogen-bond acceptors (Lipinski definition) is 4. The molecule has 0 aromatic heterocycles. The van der Waals surface area contributed by atoms with Crippen LogP contribution in [0.25, 0.3) is 5.70 Å². The first-order valence-corrected chi connectivity index (χ1v) is 9.10. The van der Waals surface area contributed by atoms with Crippen molar-refractivity contribution in [3.63, 3.8) is 0 Å². The highest BCUT2D eigenvalue weighted by atomic mass is 16.5. The highest BCUT2D eigenvalue weighted by Crippen LogP contribution is 2.46. The van der Waals surface area contributed by atoms with Crippen molar-refractivity contribution in [2.24, 2.45) is 0 Å². The van der Waals surface area contributed by atoms with Crippen LogP contribution in [-0.4, -0.2) is 18.9 Å². The zero-order chi connectivity index (χ0) is 19.1. The molecule has 1 aliphatic heterocycles. The van der Waals surface area contributed by atoms with Gasteiger partial charge in [-0.2, -0.15) is 0 Å². The molecular formula is C23H21NO3. The van der Waals surface area contributed by atoms with Crippen molar-refractivity contribution in [1.82, 2.24) is 5.32 Å². The van der Waals surface area contributed by atoms with Gasteiger partial charge in [-0.05, 0) is 24.5 Å². The number of methoxy groups -OCH3 is 1. The molecule has 4 heteroatoms. The van der Waals surface area contributed by atoms with E-state index in [4.69, 9.17) is 4.74 Å². The third kappa shape index (κ3) is 2.60. The average molecular weight is 359 g/mol. The minimum Gasteiger partial charge on any atom is -0.466 e. The summed E-state index contributed by atoms with van der Waals surface area (Å²) >= 11 is 0. The Bertz CT molecular complexity index is 1010. The smallest absolute Gasteiger partial charge is 0.336 e. The molecule has 1 aliphatic carbocycles. The standard InChI is InChI=1S/C23H21NO3/c1-4-14-9-11-15(12-10-14)19-18(23(26)27-3)13(2)24-21-16-7-5-6-8-17(16)22(25)20(19)21/h5-12,19,24H,4H2,1-3H3. The number of rotatable bonds is 3. The first-order chi connectivity index (χ1) is 13.1. The molecule has 0 spiro atoms. The molecule has 0 bridgehead atoms. The Kier molecular flexibility index (Phi) is 4.19. The van der Waals surface area contributed by atoms with Crippen molar-refractivity contribution in [2.75, 3.05) is 7.11 Å². The second-order valence-electron chi connectivity index (χ2n) is 6.85. The normalized spacial score (nSPS) is 18.2. The van der Waals surface area contributed by atoms with Gasteiger partial charge in [0.25, 0.3) is 0 Å². The molecule has 2 aliphatic rings. The molecule has 1 atom stereocenters. The highest BCUT2D eigenvalue weighted by Gasteiger charge is 2.42. The Morgan fingerprint density at radius 1 is 1.07 bits per heavy atom. The topological polar surface area (TPSA) is 55.4 Å². The molecule has 1 N–H and O–H groups in total. The summed E-state index contributed by atoms with van der Waals surface area (Å²) in [6, 6.07) is 15.7. The Hall–Kier alpha value is -3.14. The molecule has 4 rings (SSSR count). The Balaban J connectivity index is 1.92. The molecule has 1 unspecified atom stereocenters. The second-order valence-corrected chi connectivity index (χ2v) is 6.85. The van der Waals surface area contributed by atoms with Gasteiger partial charge < -0.3 is 10.1 Å². The van der Waals surface area contributed by atoms with Crippen LogP contribution in [0.2, 0.25) is 0 Å². The number of ketones is 1. The number of allylic oxidation sites excluding steroid dienone is 2. The number of carbonyl (C=O) groups is 2. The van der Waals surface area contributed by atoms with Gasteiger partial charge in [0.05, 0.1) is 18.4 Å². The van der Waals surface area contributed by atoms with Crippen LogP contribution >= 0.6 is 0 Å². The predicted octanol–water partition coefficient (Wildman–Crippen LogP) is 3.99. The van der Waals surface area contributed by atoms with Gasteiger partial charge in [-0.3, -0.25) is 4.79 Å². The zero-order valence-corrected chi connectivity index (χ0v) is 15.6. The minimum atomic E-state index is -0.445. The lowest BCUT2D eigenvalue weighted by atomic mass is 9.79. The maximum Gasteiger partial charge on any atom is 0.336 e. The van der Waals surface area contributed by atoms with Crippen LogP contribution in [0.15, 0.2) is 65.4 Å². The van der Waals surface area contributed by atoms with E-state index < -0.39 is 11.9 Å². The molecule has 0 amide bonds. The van der Waals surface area contributed by atoms with Crippen molar-refractivity contribution < 1.29 is 14.3 Å². The molecule has 2 aromatic carbocycles. The number of hydrogen-bond donors (Lipinski definition) is 1. The summed E-state index contributed by atoms with van der Waals surface area (Å²) in [7, 11) is 1.37. The number of benzene rings is 2. The van der Waals surface area contributed by atoms with Crippen LogP contribution in [0.1, 0.15) is 46.8 Å². The number of aryl methyl sites for hydroxylation is 1. The highest BCUT2D eigenvalue weighted by molar-refractivity contribution is 6.23. The Morgan fingerprint density at radius 3 is 2.37 bits per heavy atom. The fourth-order valence-electron chi connectivity index (χ4n) is 3.99. The summed E-state index contributed by atoms with van der Waals surface area (Å²) in [4.78, 5) is 25.8. The average Bonchev–Trinajstić information content (AvgIpc) is 2.99. The van der Waals surface area contributed by atoms with E-state index in [-0.39, 0.29) is 5.78 Å². The van der Waals surface area contributed by atoms with Crippen molar-refractivity contribution >= 4 is 17.4 Å². The lowest BCUT2D eigenvalue weighted by Crippen LogP contribution is -2.29. The van der Waals surface area contributed by atoms with Crippen LogP contribution in [0.4, 0.5) is 0 Å². The number of nitrogens with one attached hydrogen (secondary N) is 1.